The van der Waals surface area contributed by atoms with Crippen LogP contribution in [-0.2, 0) is 0 Å². The van der Waals surface area contributed by atoms with Gasteiger partial charge in [-0.15, -0.1) is 0 Å². The molecule has 0 radical (unpaired) electrons. The SMILES string of the molecule is CCCN1CCC(C(C)NC2CCN(C)C2)CC1. The number of nitrogens with zero attached hydrogens (tertiary/aromatic N) is 2. The Hall–Kier alpha value is -0.120. The van der Waals surface area contributed by atoms with Gasteiger partial charge in [0.2, 0.25) is 0 Å². The third-order valence-electron chi connectivity index (χ3n) is 4.77. The maximum Gasteiger partial charge on any atom is 0.0209 e. The van der Waals surface area contributed by atoms with E-state index in [0.29, 0.717) is 6.04 Å². The minimum atomic E-state index is 0.699. The molecule has 2 rings (SSSR count). The zero-order valence-electron chi connectivity index (χ0n) is 12.5. The third kappa shape index (κ3) is 3.94. The number of rotatable bonds is 5. The fourth-order valence-electron chi connectivity index (χ4n) is 3.57. The first-order chi connectivity index (χ1) is 8.69. The molecule has 2 heterocycles. The van der Waals surface area contributed by atoms with E-state index in [1.165, 1.54) is 58.4 Å². The summed E-state index contributed by atoms with van der Waals surface area (Å²) in [5.74, 6) is 0.893. The summed E-state index contributed by atoms with van der Waals surface area (Å²) in [7, 11) is 2.23. The van der Waals surface area contributed by atoms with E-state index in [1.54, 1.807) is 0 Å². The van der Waals surface area contributed by atoms with E-state index in [4.69, 9.17) is 0 Å². The average molecular weight is 253 g/mol. The Balaban J connectivity index is 1.69. The van der Waals surface area contributed by atoms with Gasteiger partial charge in [-0.1, -0.05) is 6.92 Å². The molecule has 106 valence electrons. The summed E-state index contributed by atoms with van der Waals surface area (Å²) in [6.45, 7) is 11.1. The summed E-state index contributed by atoms with van der Waals surface area (Å²) in [5, 5.41) is 3.87. The molecule has 2 aliphatic heterocycles. The molecule has 2 atom stereocenters. The maximum absolute atomic E-state index is 3.87. The minimum absolute atomic E-state index is 0.699. The molecule has 2 unspecified atom stereocenters. The Bertz CT molecular complexity index is 236. The van der Waals surface area contributed by atoms with Gasteiger partial charge in [-0.3, -0.25) is 0 Å². The molecule has 2 fully saturated rings. The summed E-state index contributed by atoms with van der Waals surface area (Å²) < 4.78 is 0. The van der Waals surface area contributed by atoms with Crippen LogP contribution in [0.3, 0.4) is 0 Å². The molecule has 3 heteroatoms. The molecule has 0 spiro atoms. The lowest BCUT2D eigenvalue weighted by Gasteiger charge is -2.36. The molecule has 2 saturated heterocycles. The Labute approximate surface area is 113 Å². The standard InChI is InChI=1S/C15H31N3/c1-4-8-18-10-5-14(6-11-18)13(2)16-15-7-9-17(3)12-15/h13-16H,4-12H2,1-3H3. The molecule has 3 nitrogen and oxygen atoms in total. The van der Waals surface area contributed by atoms with Gasteiger partial charge in [-0.05, 0) is 71.8 Å². The lowest BCUT2D eigenvalue weighted by Crippen LogP contribution is -2.46. The second-order valence-electron chi connectivity index (χ2n) is 6.38. The summed E-state index contributed by atoms with van der Waals surface area (Å²) in [5.41, 5.74) is 0. The topological polar surface area (TPSA) is 18.5 Å². The number of nitrogens with one attached hydrogen (secondary N) is 1. The largest absolute Gasteiger partial charge is 0.310 e. The fraction of sp³-hybridized carbons (Fsp3) is 1.00. The Morgan fingerprint density at radius 1 is 1.17 bits per heavy atom. The summed E-state index contributed by atoms with van der Waals surface area (Å²) in [6.07, 6.45) is 5.40. The van der Waals surface area contributed by atoms with Crippen molar-refractivity contribution in [1.29, 1.82) is 0 Å². The molecule has 0 aromatic carbocycles. The lowest BCUT2D eigenvalue weighted by atomic mass is 9.89. The average Bonchev–Trinajstić information content (AvgIpc) is 2.76. The molecule has 0 aromatic rings. The predicted molar refractivity (Wildman–Crippen MR) is 78.0 cm³/mol. The monoisotopic (exact) mass is 253 g/mol. The van der Waals surface area contributed by atoms with Crippen LogP contribution < -0.4 is 5.32 Å². The van der Waals surface area contributed by atoms with Crippen LogP contribution >= 0.6 is 0 Å². The first-order valence-electron chi connectivity index (χ1n) is 7.86. The van der Waals surface area contributed by atoms with Crippen molar-refractivity contribution >= 4 is 0 Å². The van der Waals surface area contributed by atoms with Gasteiger partial charge in [0.25, 0.3) is 0 Å². The highest BCUT2D eigenvalue weighted by molar-refractivity contribution is 4.85. The van der Waals surface area contributed by atoms with E-state index in [-0.39, 0.29) is 0 Å². The molecular formula is C15H31N3. The second-order valence-corrected chi connectivity index (χ2v) is 6.38. The number of likely N-dealkylation sites (N-methyl/N-ethyl adjacent to an activating group) is 1. The number of piperidine rings is 1. The minimum Gasteiger partial charge on any atom is -0.310 e. The van der Waals surface area contributed by atoms with Crippen molar-refractivity contribution in [3.8, 4) is 0 Å². The van der Waals surface area contributed by atoms with E-state index >= 15 is 0 Å². The molecule has 2 aliphatic rings. The van der Waals surface area contributed by atoms with Crippen LogP contribution in [0.2, 0.25) is 0 Å². The number of hydrogen-bond donors (Lipinski definition) is 1. The molecule has 18 heavy (non-hydrogen) atoms. The van der Waals surface area contributed by atoms with Crippen molar-refractivity contribution in [3.63, 3.8) is 0 Å². The summed E-state index contributed by atoms with van der Waals surface area (Å²) in [6, 6.07) is 1.43. The van der Waals surface area contributed by atoms with E-state index in [1.807, 2.05) is 0 Å². The molecule has 0 aromatic heterocycles. The van der Waals surface area contributed by atoms with Crippen molar-refractivity contribution in [2.45, 2.75) is 51.6 Å². The first-order valence-corrected chi connectivity index (χ1v) is 7.86. The van der Waals surface area contributed by atoms with Crippen LogP contribution in [0.25, 0.3) is 0 Å². The molecule has 0 saturated carbocycles. The van der Waals surface area contributed by atoms with Gasteiger partial charge in [-0.2, -0.15) is 0 Å². The van der Waals surface area contributed by atoms with Gasteiger partial charge >= 0.3 is 0 Å². The number of hydrogen-bond acceptors (Lipinski definition) is 3. The van der Waals surface area contributed by atoms with Crippen LogP contribution in [0.5, 0.6) is 0 Å². The Morgan fingerprint density at radius 2 is 1.89 bits per heavy atom. The highest BCUT2D eigenvalue weighted by Crippen LogP contribution is 2.21. The summed E-state index contributed by atoms with van der Waals surface area (Å²) in [4.78, 5) is 5.07. The van der Waals surface area contributed by atoms with Crippen molar-refractivity contribution in [1.82, 2.24) is 15.1 Å². The normalized spacial score (nSPS) is 29.8. The van der Waals surface area contributed by atoms with E-state index in [2.05, 4.69) is 36.0 Å². The quantitative estimate of drug-likeness (QED) is 0.806. The zero-order valence-corrected chi connectivity index (χ0v) is 12.5. The highest BCUT2D eigenvalue weighted by atomic mass is 15.2. The molecule has 0 bridgehead atoms. The molecular weight excluding hydrogens is 222 g/mol. The van der Waals surface area contributed by atoms with E-state index < -0.39 is 0 Å². The van der Waals surface area contributed by atoms with Crippen molar-refractivity contribution < 1.29 is 0 Å². The van der Waals surface area contributed by atoms with E-state index in [9.17, 15) is 0 Å². The van der Waals surface area contributed by atoms with Crippen LogP contribution in [0.4, 0.5) is 0 Å². The first kappa shape index (κ1) is 14.3. The third-order valence-corrected chi connectivity index (χ3v) is 4.77. The van der Waals surface area contributed by atoms with Crippen LogP contribution in [0.1, 0.15) is 39.5 Å². The van der Waals surface area contributed by atoms with Gasteiger partial charge in [0.15, 0.2) is 0 Å². The fourth-order valence-corrected chi connectivity index (χ4v) is 3.57. The number of likely N-dealkylation sites (tertiary alicyclic amines) is 2. The van der Waals surface area contributed by atoms with Crippen molar-refractivity contribution in [2.24, 2.45) is 5.92 Å². The van der Waals surface area contributed by atoms with Crippen LogP contribution in [-0.4, -0.2) is 61.7 Å². The highest BCUT2D eigenvalue weighted by Gasteiger charge is 2.27. The molecule has 1 N–H and O–H groups in total. The molecule has 0 amide bonds. The van der Waals surface area contributed by atoms with Gasteiger partial charge in [0, 0.05) is 18.6 Å². The van der Waals surface area contributed by atoms with Gasteiger partial charge in [0.1, 0.15) is 0 Å². The maximum atomic E-state index is 3.87. The van der Waals surface area contributed by atoms with E-state index in [0.717, 1.165) is 12.0 Å². The summed E-state index contributed by atoms with van der Waals surface area (Å²) >= 11 is 0. The Kier molecular flexibility index (Phi) is 5.46. The Morgan fingerprint density at radius 3 is 2.44 bits per heavy atom. The van der Waals surface area contributed by atoms with Gasteiger partial charge in [0.05, 0.1) is 0 Å². The van der Waals surface area contributed by atoms with Gasteiger partial charge in [-0.25, -0.2) is 0 Å². The lowest BCUT2D eigenvalue weighted by molar-refractivity contribution is 0.158. The van der Waals surface area contributed by atoms with Crippen LogP contribution in [0.15, 0.2) is 0 Å². The van der Waals surface area contributed by atoms with Crippen molar-refractivity contribution in [2.75, 3.05) is 39.8 Å². The zero-order chi connectivity index (χ0) is 13.0. The smallest absolute Gasteiger partial charge is 0.0209 e. The van der Waals surface area contributed by atoms with Crippen molar-refractivity contribution in [3.05, 3.63) is 0 Å². The predicted octanol–water partition coefficient (Wildman–Crippen LogP) is 1.79. The van der Waals surface area contributed by atoms with Gasteiger partial charge < -0.3 is 15.1 Å². The molecule has 0 aliphatic carbocycles. The second kappa shape index (κ2) is 6.88. The van der Waals surface area contributed by atoms with Crippen LogP contribution in [0, 0.1) is 5.92 Å².